The van der Waals surface area contributed by atoms with Crippen molar-refractivity contribution in [1.29, 1.82) is 0 Å². The van der Waals surface area contributed by atoms with Gasteiger partial charge in [-0.1, -0.05) is 24.3 Å². The molecule has 2 aromatic carbocycles. The molecule has 0 radical (unpaired) electrons. The van der Waals surface area contributed by atoms with E-state index in [1.54, 1.807) is 36.5 Å². The standard InChI is InChI=1S/C22H24N4O6/c1-24-17(10-14-12-23-15-7-5-8-16(19(14)15)26(31)32)20(28)25(2)22(30,21(24)29)11-13-6-3-4-9-18(13)27/h3-9,12,17,23,26-27,30-31H,10-11H2,1-2H3. The Hall–Kier alpha value is -3.44. The maximum absolute atomic E-state index is 13.2. The minimum atomic E-state index is -2.16. The summed E-state index contributed by atoms with van der Waals surface area (Å²) in [5.74, 6) is -1.27. The molecule has 1 fully saturated rings. The van der Waals surface area contributed by atoms with E-state index in [4.69, 9.17) is 0 Å². The third-order valence-electron chi connectivity index (χ3n) is 6.16. The minimum Gasteiger partial charge on any atom is -0.595 e. The van der Waals surface area contributed by atoms with E-state index >= 15 is 0 Å². The number of hydrogen-bond acceptors (Lipinski definition) is 6. The molecule has 0 saturated carbocycles. The van der Waals surface area contributed by atoms with Crippen molar-refractivity contribution in [3.05, 3.63) is 65.0 Å². The summed E-state index contributed by atoms with van der Waals surface area (Å²) in [7, 11) is 2.78. The summed E-state index contributed by atoms with van der Waals surface area (Å²) in [6.07, 6.45) is 1.43. The maximum atomic E-state index is 13.2. The van der Waals surface area contributed by atoms with Gasteiger partial charge in [0.05, 0.1) is 10.9 Å². The van der Waals surface area contributed by atoms with E-state index in [9.17, 15) is 30.2 Å². The number of fused-ring (bicyclic) bond motifs is 1. The molecule has 5 N–H and O–H groups in total. The lowest BCUT2D eigenvalue weighted by Crippen LogP contribution is -2.99. The molecule has 1 aromatic heterocycles. The highest BCUT2D eigenvalue weighted by molar-refractivity contribution is 5.99. The topological polar surface area (TPSA) is 145 Å². The monoisotopic (exact) mass is 440 g/mol. The van der Waals surface area contributed by atoms with E-state index in [0.717, 1.165) is 4.90 Å². The number of para-hydroxylation sites is 1. The number of rotatable bonds is 5. The number of hydrogen-bond donors (Lipinski definition) is 5. The SMILES string of the molecule is CN1C(=O)C(O)(Cc2ccccc2O)N(C)C(=O)C1Cc1c[nH]c2cccc([NH+]([O-])O)c12. The van der Waals surface area contributed by atoms with E-state index in [1.165, 1.54) is 31.1 Å². The molecule has 1 aliphatic heterocycles. The molecule has 3 unspecified atom stereocenters. The molecule has 1 saturated heterocycles. The van der Waals surface area contributed by atoms with Crippen LogP contribution in [0.3, 0.4) is 0 Å². The summed E-state index contributed by atoms with van der Waals surface area (Å²) in [4.78, 5) is 31.6. The summed E-state index contributed by atoms with van der Waals surface area (Å²) in [5, 5.41) is 41.8. The van der Waals surface area contributed by atoms with Gasteiger partial charge in [-0.25, -0.2) is 5.21 Å². The molecule has 2 amide bonds. The van der Waals surface area contributed by atoms with Crippen molar-refractivity contribution in [2.45, 2.75) is 24.6 Å². The van der Waals surface area contributed by atoms with Crippen molar-refractivity contribution in [1.82, 2.24) is 14.8 Å². The number of aromatic nitrogens is 1. The summed E-state index contributed by atoms with van der Waals surface area (Å²) in [5.41, 5.74) is -0.539. The lowest BCUT2D eigenvalue weighted by atomic mass is 9.92. The van der Waals surface area contributed by atoms with Gasteiger partial charge in [0.2, 0.25) is 11.6 Å². The lowest BCUT2D eigenvalue weighted by molar-refractivity contribution is -0.990. The van der Waals surface area contributed by atoms with Gasteiger partial charge in [0.1, 0.15) is 11.8 Å². The summed E-state index contributed by atoms with van der Waals surface area (Å²) < 4.78 is 0. The van der Waals surface area contributed by atoms with Crippen molar-refractivity contribution in [2.75, 3.05) is 14.1 Å². The number of H-pyrrole nitrogens is 1. The van der Waals surface area contributed by atoms with Gasteiger partial charge in [0.25, 0.3) is 5.91 Å². The van der Waals surface area contributed by atoms with Crippen LogP contribution in [0.4, 0.5) is 5.69 Å². The van der Waals surface area contributed by atoms with Crippen LogP contribution in [-0.4, -0.2) is 67.9 Å². The molecule has 0 bridgehead atoms. The first kappa shape index (κ1) is 21.8. The highest BCUT2D eigenvalue weighted by Gasteiger charge is 2.53. The number of phenolic OH excluding ortho intramolecular Hbond substituents is 1. The number of aliphatic hydroxyl groups is 1. The first-order chi connectivity index (χ1) is 15.1. The molecular formula is C22H24N4O6. The van der Waals surface area contributed by atoms with E-state index in [0.29, 0.717) is 22.0 Å². The Morgan fingerprint density at radius 1 is 1.12 bits per heavy atom. The van der Waals surface area contributed by atoms with Crippen molar-refractivity contribution in [3.63, 3.8) is 0 Å². The average Bonchev–Trinajstić information content (AvgIpc) is 3.19. The highest BCUT2D eigenvalue weighted by atomic mass is 16.8. The fourth-order valence-corrected chi connectivity index (χ4v) is 4.29. The van der Waals surface area contributed by atoms with Crippen molar-refractivity contribution in [2.24, 2.45) is 0 Å². The van der Waals surface area contributed by atoms with Crippen LogP contribution in [-0.2, 0) is 22.4 Å². The van der Waals surface area contributed by atoms with Gasteiger partial charge < -0.3 is 30.2 Å². The number of carbonyl (C=O) groups excluding carboxylic acids is 2. The number of piperazine rings is 1. The first-order valence-corrected chi connectivity index (χ1v) is 10.0. The van der Waals surface area contributed by atoms with Crippen molar-refractivity contribution >= 4 is 28.4 Å². The van der Waals surface area contributed by atoms with Gasteiger partial charge in [-0.3, -0.25) is 9.59 Å². The third-order valence-corrected chi connectivity index (χ3v) is 6.16. The number of likely N-dealkylation sites (N-methyl/N-ethyl adjacent to an activating group) is 2. The van der Waals surface area contributed by atoms with Crippen molar-refractivity contribution in [3.8, 4) is 5.75 Å². The van der Waals surface area contributed by atoms with Crippen LogP contribution >= 0.6 is 0 Å². The van der Waals surface area contributed by atoms with E-state index in [2.05, 4.69) is 4.98 Å². The van der Waals surface area contributed by atoms with Crippen LogP contribution in [0.25, 0.3) is 10.9 Å². The number of nitrogens with zero attached hydrogens (tertiary/aromatic N) is 2. The molecule has 4 rings (SSSR count). The molecule has 0 spiro atoms. The fourth-order valence-electron chi connectivity index (χ4n) is 4.29. The number of phenols is 1. The van der Waals surface area contributed by atoms with E-state index in [-0.39, 0.29) is 24.3 Å². The van der Waals surface area contributed by atoms with Gasteiger partial charge in [-0.2, -0.15) is 5.23 Å². The summed E-state index contributed by atoms with van der Waals surface area (Å²) in [6, 6.07) is 10.2. The van der Waals surface area contributed by atoms with Gasteiger partial charge in [-0.15, -0.1) is 0 Å². The van der Waals surface area contributed by atoms with Gasteiger partial charge in [0.15, 0.2) is 5.69 Å². The third kappa shape index (κ3) is 3.39. The highest BCUT2D eigenvalue weighted by Crippen LogP contribution is 2.32. The smallest absolute Gasteiger partial charge is 0.276 e. The summed E-state index contributed by atoms with van der Waals surface area (Å²) >= 11 is 0. The zero-order valence-corrected chi connectivity index (χ0v) is 17.6. The Labute approximate surface area is 183 Å². The number of nitrogens with one attached hydrogen (secondary N) is 2. The average molecular weight is 440 g/mol. The molecule has 10 nitrogen and oxygen atoms in total. The second-order valence-electron chi connectivity index (χ2n) is 8.00. The van der Waals surface area contributed by atoms with Crippen LogP contribution in [0.5, 0.6) is 5.75 Å². The van der Waals surface area contributed by atoms with Gasteiger partial charge in [-0.05, 0) is 23.3 Å². The molecule has 1 aliphatic rings. The van der Waals surface area contributed by atoms with Crippen LogP contribution < -0.4 is 5.23 Å². The Bertz CT molecular complexity index is 1190. The van der Waals surface area contributed by atoms with Crippen molar-refractivity contribution < 1.29 is 30.2 Å². The predicted octanol–water partition coefficient (Wildman–Crippen LogP) is 0.0497. The molecule has 10 heteroatoms. The molecule has 0 aliphatic carbocycles. The molecule has 32 heavy (non-hydrogen) atoms. The Morgan fingerprint density at radius 3 is 2.53 bits per heavy atom. The fraction of sp³-hybridized carbons (Fsp3) is 0.273. The predicted molar refractivity (Wildman–Crippen MR) is 114 cm³/mol. The number of aromatic hydroxyl groups is 1. The Morgan fingerprint density at radius 2 is 1.84 bits per heavy atom. The zero-order valence-electron chi connectivity index (χ0n) is 17.6. The van der Waals surface area contributed by atoms with E-state index in [1.807, 2.05) is 0 Å². The maximum Gasteiger partial charge on any atom is 0.276 e. The van der Waals surface area contributed by atoms with Crippen LogP contribution in [0.2, 0.25) is 0 Å². The second-order valence-corrected chi connectivity index (χ2v) is 8.00. The number of aromatic amines is 1. The van der Waals surface area contributed by atoms with Gasteiger partial charge in [0, 0.05) is 39.2 Å². The van der Waals surface area contributed by atoms with Crippen LogP contribution in [0.15, 0.2) is 48.7 Å². The Kier molecular flexibility index (Phi) is 5.39. The van der Waals surface area contributed by atoms with Crippen LogP contribution in [0.1, 0.15) is 11.1 Å². The summed E-state index contributed by atoms with van der Waals surface area (Å²) in [6.45, 7) is 0. The zero-order chi connectivity index (χ0) is 23.2. The second kappa shape index (κ2) is 7.92. The number of benzene rings is 2. The number of carbonyl (C=O) groups is 2. The minimum absolute atomic E-state index is 0.0718. The first-order valence-electron chi connectivity index (χ1n) is 10.0. The molecule has 3 aromatic rings. The largest absolute Gasteiger partial charge is 0.595 e. The lowest BCUT2D eigenvalue weighted by Gasteiger charge is -2.47. The molecular weight excluding hydrogens is 416 g/mol. The van der Waals surface area contributed by atoms with E-state index < -0.39 is 28.8 Å². The molecule has 3 atom stereocenters. The number of quaternary nitrogens is 1. The number of amides is 2. The van der Waals surface area contributed by atoms with Gasteiger partial charge >= 0.3 is 0 Å². The Balaban J connectivity index is 1.66. The molecule has 2 heterocycles. The molecule has 168 valence electrons. The normalized spacial score (nSPS) is 22.6. The van der Waals surface area contributed by atoms with Crippen LogP contribution in [0, 0.1) is 5.21 Å². The quantitative estimate of drug-likeness (QED) is 0.355.